The van der Waals surface area contributed by atoms with Crippen molar-refractivity contribution in [3.05, 3.63) is 24.3 Å². The van der Waals surface area contributed by atoms with Gasteiger partial charge in [0.1, 0.15) is 0 Å². The molecule has 1 saturated heterocycles. The van der Waals surface area contributed by atoms with E-state index in [0.717, 1.165) is 55.7 Å². The van der Waals surface area contributed by atoms with E-state index in [-0.39, 0.29) is 11.9 Å². The highest BCUT2D eigenvalue weighted by atomic mass is 16.2. The van der Waals surface area contributed by atoms with Crippen molar-refractivity contribution in [2.45, 2.75) is 44.2 Å². The van der Waals surface area contributed by atoms with Crippen LogP contribution in [0.15, 0.2) is 24.3 Å². The van der Waals surface area contributed by atoms with Gasteiger partial charge in [0, 0.05) is 11.3 Å². The van der Waals surface area contributed by atoms with E-state index >= 15 is 0 Å². The number of carbonyl (C=O) groups excluding carboxylic acids is 1. The van der Waals surface area contributed by atoms with Crippen LogP contribution in [0.4, 0.5) is 5.69 Å². The number of hydrogen-bond acceptors (Lipinski definition) is 5. The molecule has 4 rings (SSSR count). The molecular formula is C16H20N6O. The molecule has 7 heteroatoms. The van der Waals surface area contributed by atoms with Gasteiger partial charge in [0.15, 0.2) is 5.82 Å². The van der Waals surface area contributed by atoms with E-state index in [0.29, 0.717) is 6.04 Å². The molecule has 2 fully saturated rings. The lowest BCUT2D eigenvalue weighted by Gasteiger charge is -2.22. The fraction of sp³-hybridized carbons (Fsp3) is 0.500. The van der Waals surface area contributed by atoms with Crippen molar-refractivity contribution in [1.29, 1.82) is 0 Å². The first-order chi connectivity index (χ1) is 11.3. The van der Waals surface area contributed by atoms with Gasteiger partial charge in [-0.25, -0.2) is 4.68 Å². The Labute approximate surface area is 134 Å². The Morgan fingerprint density at radius 2 is 2.17 bits per heavy atom. The summed E-state index contributed by atoms with van der Waals surface area (Å²) in [6, 6.07) is 8.05. The predicted octanol–water partition coefficient (Wildman–Crippen LogP) is 1.76. The zero-order valence-corrected chi connectivity index (χ0v) is 12.9. The Morgan fingerprint density at radius 3 is 2.96 bits per heavy atom. The number of anilines is 1. The fourth-order valence-corrected chi connectivity index (χ4v) is 2.99. The molecule has 0 radical (unpaired) electrons. The highest BCUT2D eigenvalue weighted by molar-refractivity contribution is 5.95. The number of benzene rings is 1. The molecule has 1 aliphatic carbocycles. The summed E-state index contributed by atoms with van der Waals surface area (Å²) in [5.74, 6) is 0.794. The number of amides is 1. The molecule has 1 amide bonds. The van der Waals surface area contributed by atoms with Gasteiger partial charge in [-0.2, -0.15) is 0 Å². The van der Waals surface area contributed by atoms with Crippen molar-refractivity contribution in [3.8, 4) is 11.4 Å². The number of piperidine rings is 1. The van der Waals surface area contributed by atoms with E-state index in [4.69, 9.17) is 0 Å². The fourth-order valence-electron chi connectivity index (χ4n) is 2.99. The minimum atomic E-state index is -0.0933. The quantitative estimate of drug-likeness (QED) is 0.898. The van der Waals surface area contributed by atoms with Crippen LogP contribution >= 0.6 is 0 Å². The molecule has 0 unspecified atom stereocenters. The largest absolute Gasteiger partial charge is 0.325 e. The maximum Gasteiger partial charge on any atom is 0.241 e. The van der Waals surface area contributed by atoms with E-state index in [2.05, 4.69) is 26.2 Å². The average Bonchev–Trinajstić information content (AvgIpc) is 3.32. The maximum atomic E-state index is 12.3. The van der Waals surface area contributed by atoms with Gasteiger partial charge in [0.05, 0.1) is 12.1 Å². The van der Waals surface area contributed by atoms with Crippen LogP contribution in [0.1, 0.15) is 38.1 Å². The van der Waals surface area contributed by atoms with Crippen LogP contribution in [-0.4, -0.2) is 38.7 Å². The molecule has 2 N–H and O–H groups in total. The van der Waals surface area contributed by atoms with E-state index in [1.807, 2.05) is 28.9 Å². The average molecular weight is 312 g/mol. The molecule has 0 spiro atoms. The summed E-state index contributed by atoms with van der Waals surface area (Å²) in [5.41, 5.74) is 1.71. The van der Waals surface area contributed by atoms with Crippen molar-refractivity contribution < 1.29 is 4.79 Å². The minimum absolute atomic E-state index is 0.0311. The van der Waals surface area contributed by atoms with Crippen molar-refractivity contribution in [2.24, 2.45) is 0 Å². The molecule has 23 heavy (non-hydrogen) atoms. The van der Waals surface area contributed by atoms with Crippen LogP contribution in [0.2, 0.25) is 0 Å². The SMILES string of the molecule is O=C(Nc1cccc(-c2nnnn2C2CC2)c1)[C@H]1CCCCN1. The molecular weight excluding hydrogens is 292 g/mol. The number of tetrazole rings is 1. The Morgan fingerprint density at radius 1 is 1.26 bits per heavy atom. The van der Waals surface area contributed by atoms with Crippen LogP contribution < -0.4 is 10.6 Å². The van der Waals surface area contributed by atoms with Crippen molar-refractivity contribution >= 4 is 11.6 Å². The minimum Gasteiger partial charge on any atom is -0.325 e. The number of carbonyl (C=O) groups is 1. The number of rotatable bonds is 4. The van der Waals surface area contributed by atoms with Crippen LogP contribution in [0.25, 0.3) is 11.4 Å². The first-order valence-corrected chi connectivity index (χ1v) is 8.24. The molecule has 1 aromatic heterocycles. The summed E-state index contributed by atoms with van der Waals surface area (Å²) >= 11 is 0. The second kappa shape index (κ2) is 6.08. The number of nitrogens with zero attached hydrogens (tertiary/aromatic N) is 4. The predicted molar refractivity (Wildman–Crippen MR) is 85.8 cm³/mol. The Kier molecular flexibility index (Phi) is 3.78. The number of aromatic nitrogens is 4. The third-order valence-corrected chi connectivity index (χ3v) is 4.40. The summed E-state index contributed by atoms with van der Waals surface area (Å²) in [6.45, 7) is 0.911. The van der Waals surface area contributed by atoms with Gasteiger partial charge < -0.3 is 10.6 Å². The molecule has 2 aliphatic rings. The van der Waals surface area contributed by atoms with Gasteiger partial charge in [0.2, 0.25) is 5.91 Å². The zero-order chi connectivity index (χ0) is 15.6. The molecule has 1 aromatic carbocycles. The van der Waals surface area contributed by atoms with Gasteiger partial charge in [-0.1, -0.05) is 18.6 Å². The number of nitrogens with one attached hydrogen (secondary N) is 2. The van der Waals surface area contributed by atoms with Crippen LogP contribution in [0.5, 0.6) is 0 Å². The lowest BCUT2D eigenvalue weighted by Crippen LogP contribution is -2.43. The summed E-state index contributed by atoms with van der Waals surface area (Å²) in [7, 11) is 0. The normalized spacial score (nSPS) is 21.1. The lowest BCUT2D eigenvalue weighted by atomic mass is 10.0. The van der Waals surface area contributed by atoms with Gasteiger partial charge in [-0.05, 0) is 54.8 Å². The van der Waals surface area contributed by atoms with Crippen LogP contribution in [-0.2, 0) is 4.79 Å². The molecule has 1 saturated carbocycles. The highest BCUT2D eigenvalue weighted by Crippen LogP contribution is 2.36. The maximum absolute atomic E-state index is 12.3. The molecule has 0 bridgehead atoms. The van der Waals surface area contributed by atoms with Crippen molar-refractivity contribution in [3.63, 3.8) is 0 Å². The summed E-state index contributed by atoms with van der Waals surface area (Å²) in [6.07, 6.45) is 5.39. The molecule has 2 aromatic rings. The third kappa shape index (κ3) is 3.10. The van der Waals surface area contributed by atoms with E-state index in [1.165, 1.54) is 0 Å². The lowest BCUT2D eigenvalue weighted by molar-refractivity contribution is -0.118. The van der Waals surface area contributed by atoms with E-state index in [1.54, 1.807) is 0 Å². The topological polar surface area (TPSA) is 84.7 Å². The molecule has 7 nitrogen and oxygen atoms in total. The Hall–Kier alpha value is -2.28. The Bertz CT molecular complexity index is 702. The second-order valence-electron chi connectivity index (χ2n) is 6.25. The van der Waals surface area contributed by atoms with Gasteiger partial charge in [0.25, 0.3) is 0 Å². The van der Waals surface area contributed by atoms with Crippen molar-refractivity contribution in [1.82, 2.24) is 25.5 Å². The molecule has 2 heterocycles. The standard InChI is InChI=1S/C16H20N6O/c23-16(14-6-1-2-9-17-14)18-12-5-3-4-11(10-12)15-19-20-21-22(15)13-7-8-13/h3-5,10,13-14,17H,1-2,6-9H2,(H,18,23)/t14-/m1/s1. The first kappa shape index (κ1) is 14.3. The van der Waals surface area contributed by atoms with Gasteiger partial charge >= 0.3 is 0 Å². The summed E-state index contributed by atoms with van der Waals surface area (Å²) in [4.78, 5) is 12.3. The zero-order valence-electron chi connectivity index (χ0n) is 12.9. The highest BCUT2D eigenvalue weighted by Gasteiger charge is 2.28. The van der Waals surface area contributed by atoms with E-state index in [9.17, 15) is 4.79 Å². The summed E-state index contributed by atoms with van der Waals surface area (Å²) in [5, 5.41) is 18.3. The smallest absolute Gasteiger partial charge is 0.241 e. The van der Waals surface area contributed by atoms with Crippen LogP contribution in [0.3, 0.4) is 0 Å². The monoisotopic (exact) mass is 312 g/mol. The number of hydrogen-bond donors (Lipinski definition) is 2. The van der Waals surface area contributed by atoms with Gasteiger partial charge in [-0.3, -0.25) is 4.79 Å². The van der Waals surface area contributed by atoms with Crippen LogP contribution in [0, 0.1) is 0 Å². The molecule has 120 valence electrons. The molecule has 1 aliphatic heterocycles. The van der Waals surface area contributed by atoms with Crippen molar-refractivity contribution in [2.75, 3.05) is 11.9 Å². The first-order valence-electron chi connectivity index (χ1n) is 8.24. The van der Waals surface area contributed by atoms with E-state index < -0.39 is 0 Å². The summed E-state index contributed by atoms with van der Waals surface area (Å²) < 4.78 is 1.88. The molecule has 1 atom stereocenters. The third-order valence-electron chi connectivity index (χ3n) is 4.40. The Balaban J connectivity index is 1.51. The second-order valence-corrected chi connectivity index (χ2v) is 6.25. The van der Waals surface area contributed by atoms with Gasteiger partial charge in [-0.15, -0.1) is 5.10 Å².